The molecule has 2 aromatic heterocycles. The first-order valence-corrected chi connectivity index (χ1v) is 9.93. The van der Waals surface area contributed by atoms with Crippen LogP contribution >= 0.6 is 11.8 Å². The number of thioether (sulfide) groups is 1. The summed E-state index contributed by atoms with van der Waals surface area (Å²) in [5, 5.41) is 13.6. The number of hydrogen-bond acceptors (Lipinski definition) is 6. The number of aromatic nitrogens is 5. The summed E-state index contributed by atoms with van der Waals surface area (Å²) in [4.78, 5) is 14.4. The SMILES string of the molecule is CCn1c(SCC(=O)N2CCC(C)CC2)nnc1-c1cn(C)nc1OC. The number of ether oxygens (including phenoxy) is 1. The monoisotopic (exact) mass is 378 g/mol. The van der Waals surface area contributed by atoms with Crippen LogP contribution in [0.5, 0.6) is 5.88 Å². The van der Waals surface area contributed by atoms with Crippen LogP contribution in [0.25, 0.3) is 11.4 Å². The lowest BCUT2D eigenvalue weighted by Gasteiger charge is -2.30. The van der Waals surface area contributed by atoms with Crippen molar-refractivity contribution in [2.45, 2.75) is 38.4 Å². The number of rotatable bonds is 6. The molecule has 0 radical (unpaired) electrons. The summed E-state index contributed by atoms with van der Waals surface area (Å²) < 4.78 is 9.02. The molecule has 0 unspecified atom stereocenters. The van der Waals surface area contributed by atoms with Crippen molar-refractivity contribution < 1.29 is 9.53 Å². The molecule has 1 aliphatic heterocycles. The van der Waals surface area contributed by atoms with Crippen LogP contribution in [-0.2, 0) is 18.4 Å². The zero-order valence-corrected chi connectivity index (χ0v) is 16.6. The molecule has 1 amide bonds. The lowest BCUT2D eigenvalue weighted by atomic mass is 9.99. The third-order valence-corrected chi connectivity index (χ3v) is 5.67. The molecule has 0 atom stereocenters. The largest absolute Gasteiger partial charge is 0.479 e. The van der Waals surface area contributed by atoms with Gasteiger partial charge in [-0.1, -0.05) is 18.7 Å². The van der Waals surface area contributed by atoms with Crippen LogP contribution in [0.2, 0.25) is 0 Å². The second-order valence-corrected chi connectivity index (χ2v) is 7.57. The summed E-state index contributed by atoms with van der Waals surface area (Å²) in [5.74, 6) is 2.50. The van der Waals surface area contributed by atoms with Gasteiger partial charge in [-0.05, 0) is 25.7 Å². The number of aryl methyl sites for hydroxylation is 1. The summed E-state index contributed by atoms with van der Waals surface area (Å²) in [7, 11) is 3.43. The molecule has 26 heavy (non-hydrogen) atoms. The maximum absolute atomic E-state index is 12.5. The van der Waals surface area contributed by atoms with Crippen LogP contribution in [0.15, 0.2) is 11.4 Å². The van der Waals surface area contributed by atoms with Crippen LogP contribution in [0.3, 0.4) is 0 Å². The van der Waals surface area contributed by atoms with E-state index in [2.05, 4.69) is 22.2 Å². The van der Waals surface area contributed by atoms with Gasteiger partial charge in [0, 0.05) is 32.9 Å². The topological polar surface area (TPSA) is 78.1 Å². The number of amides is 1. The van der Waals surface area contributed by atoms with E-state index < -0.39 is 0 Å². The number of hydrogen-bond donors (Lipinski definition) is 0. The molecule has 9 heteroatoms. The van der Waals surface area contributed by atoms with Crippen molar-refractivity contribution in [3.8, 4) is 17.3 Å². The van der Waals surface area contributed by atoms with E-state index in [-0.39, 0.29) is 5.91 Å². The Hall–Kier alpha value is -2.03. The predicted molar refractivity (Wildman–Crippen MR) is 100 cm³/mol. The molecular weight excluding hydrogens is 352 g/mol. The highest BCUT2D eigenvalue weighted by Crippen LogP contribution is 2.30. The Bertz CT molecular complexity index is 763. The zero-order chi connectivity index (χ0) is 18.7. The van der Waals surface area contributed by atoms with Crippen molar-refractivity contribution in [3.63, 3.8) is 0 Å². The van der Waals surface area contributed by atoms with Gasteiger partial charge >= 0.3 is 0 Å². The number of carbonyl (C=O) groups is 1. The summed E-state index contributed by atoms with van der Waals surface area (Å²) in [5.41, 5.74) is 0.799. The van der Waals surface area contributed by atoms with E-state index in [0.29, 0.717) is 29.9 Å². The summed E-state index contributed by atoms with van der Waals surface area (Å²) in [6.07, 6.45) is 4.04. The molecule has 8 nitrogen and oxygen atoms in total. The summed E-state index contributed by atoms with van der Waals surface area (Å²) in [6, 6.07) is 0. The molecule has 3 rings (SSSR count). The van der Waals surface area contributed by atoms with E-state index in [1.54, 1.807) is 11.8 Å². The van der Waals surface area contributed by atoms with Gasteiger partial charge in [-0.15, -0.1) is 15.3 Å². The highest BCUT2D eigenvalue weighted by atomic mass is 32.2. The third-order valence-electron chi connectivity index (χ3n) is 4.72. The fourth-order valence-electron chi connectivity index (χ4n) is 3.13. The highest BCUT2D eigenvalue weighted by Gasteiger charge is 2.23. The number of nitrogens with zero attached hydrogens (tertiary/aromatic N) is 6. The smallest absolute Gasteiger partial charge is 0.243 e. The van der Waals surface area contributed by atoms with Crippen LogP contribution < -0.4 is 4.74 Å². The van der Waals surface area contributed by atoms with Gasteiger partial charge in [-0.25, -0.2) is 0 Å². The van der Waals surface area contributed by atoms with E-state index in [0.717, 1.165) is 36.7 Å². The molecule has 142 valence electrons. The van der Waals surface area contributed by atoms with Crippen LogP contribution in [0, 0.1) is 5.92 Å². The number of piperidine rings is 1. The molecule has 1 fully saturated rings. The van der Waals surface area contributed by atoms with Crippen LogP contribution in [0.4, 0.5) is 0 Å². The molecule has 2 aromatic rings. The Morgan fingerprint density at radius 3 is 2.73 bits per heavy atom. The molecule has 0 N–H and O–H groups in total. The third kappa shape index (κ3) is 3.87. The minimum atomic E-state index is 0.174. The molecule has 0 aliphatic carbocycles. The Kier molecular flexibility index (Phi) is 5.85. The molecule has 0 spiro atoms. The van der Waals surface area contributed by atoms with E-state index in [1.807, 2.05) is 29.6 Å². The Morgan fingerprint density at radius 1 is 1.35 bits per heavy atom. The lowest BCUT2D eigenvalue weighted by molar-refractivity contribution is -0.129. The average Bonchev–Trinajstić information content (AvgIpc) is 3.22. The van der Waals surface area contributed by atoms with E-state index in [9.17, 15) is 4.79 Å². The fraction of sp³-hybridized carbons (Fsp3) is 0.647. The molecule has 1 aliphatic rings. The van der Waals surface area contributed by atoms with E-state index in [4.69, 9.17) is 4.74 Å². The van der Waals surface area contributed by atoms with Crippen LogP contribution in [0.1, 0.15) is 26.7 Å². The van der Waals surface area contributed by atoms with Crippen molar-refractivity contribution >= 4 is 17.7 Å². The average molecular weight is 379 g/mol. The summed E-state index contributed by atoms with van der Waals surface area (Å²) >= 11 is 1.44. The first-order valence-electron chi connectivity index (χ1n) is 8.95. The van der Waals surface area contributed by atoms with Crippen molar-refractivity contribution in [1.29, 1.82) is 0 Å². The number of carbonyl (C=O) groups excluding carboxylic acids is 1. The van der Waals surface area contributed by atoms with Crippen molar-refractivity contribution in [1.82, 2.24) is 29.4 Å². The minimum Gasteiger partial charge on any atom is -0.479 e. The van der Waals surface area contributed by atoms with Gasteiger partial charge < -0.3 is 14.2 Å². The standard InChI is InChI=1S/C17H26N6O2S/c1-5-23-15(13-10-21(3)20-16(13)25-4)18-19-17(23)26-11-14(24)22-8-6-12(2)7-9-22/h10,12H,5-9,11H2,1-4H3. The molecular formula is C17H26N6O2S. The Morgan fingerprint density at radius 2 is 2.08 bits per heavy atom. The van der Waals surface area contributed by atoms with Gasteiger partial charge in [-0.2, -0.15) is 0 Å². The molecule has 1 saturated heterocycles. The first kappa shape index (κ1) is 18.8. The van der Waals surface area contributed by atoms with Crippen molar-refractivity contribution in [3.05, 3.63) is 6.20 Å². The number of likely N-dealkylation sites (tertiary alicyclic amines) is 1. The molecule has 0 bridgehead atoms. The maximum atomic E-state index is 12.5. The Labute approximate surface area is 157 Å². The van der Waals surface area contributed by atoms with Gasteiger partial charge in [0.2, 0.25) is 11.8 Å². The predicted octanol–water partition coefficient (Wildman–Crippen LogP) is 2.06. The summed E-state index contributed by atoms with van der Waals surface area (Å²) in [6.45, 7) is 6.71. The second kappa shape index (κ2) is 8.11. The highest BCUT2D eigenvalue weighted by molar-refractivity contribution is 7.99. The minimum absolute atomic E-state index is 0.174. The van der Waals surface area contributed by atoms with E-state index >= 15 is 0 Å². The number of methoxy groups -OCH3 is 1. The molecule has 0 saturated carbocycles. The zero-order valence-electron chi connectivity index (χ0n) is 15.8. The fourth-order valence-corrected chi connectivity index (χ4v) is 4.03. The van der Waals surface area contributed by atoms with Crippen molar-refractivity contribution in [2.75, 3.05) is 26.0 Å². The van der Waals surface area contributed by atoms with Gasteiger partial charge in [-0.3, -0.25) is 9.48 Å². The normalized spacial score (nSPS) is 15.5. The first-order chi connectivity index (χ1) is 12.5. The van der Waals surface area contributed by atoms with Crippen molar-refractivity contribution in [2.24, 2.45) is 13.0 Å². The molecule has 3 heterocycles. The quantitative estimate of drug-likeness (QED) is 0.716. The van der Waals surface area contributed by atoms with Gasteiger partial charge in [0.15, 0.2) is 11.0 Å². The van der Waals surface area contributed by atoms with Gasteiger partial charge in [0.1, 0.15) is 5.56 Å². The Balaban J connectivity index is 1.71. The lowest BCUT2D eigenvalue weighted by Crippen LogP contribution is -2.38. The second-order valence-electron chi connectivity index (χ2n) is 6.63. The van der Waals surface area contributed by atoms with Crippen LogP contribution in [-0.4, -0.2) is 61.3 Å². The molecule has 0 aromatic carbocycles. The van der Waals surface area contributed by atoms with Gasteiger partial charge in [0.25, 0.3) is 0 Å². The van der Waals surface area contributed by atoms with Gasteiger partial charge in [0.05, 0.1) is 12.9 Å². The maximum Gasteiger partial charge on any atom is 0.243 e. The van der Waals surface area contributed by atoms with E-state index in [1.165, 1.54) is 11.8 Å².